The van der Waals surface area contributed by atoms with Gasteiger partial charge in [0.25, 0.3) is 0 Å². The highest BCUT2D eigenvalue weighted by atomic mass is 127. The zero-order chi connectivity index (χ0) is 9.68. The Morgan fingerprint density at radius 2 is 2.38 bits per heavy atom. The Balaban J connectivity index is 2.86. The van der Waals surface area contributed by atoms with Crippen molar-refractivity contribution in [2.45, 2.75) is 12.5 Å². The van der Waals surface area contributed by atoms with Gasteiger partial charge in [0.15, 0.2) is 0 Å². The van der Waals surface area contributed by atoms with E-state index in [9.17, 15) is 0 Å². The highest BCUT2D eigenvalue weighted by Crippen LogP contribution is 2.17. The van der Waals surface area contributed by atoms with Gasteiger partial charge in [-0.05, 0) is 47.3 Å². The Labute approximate surface area is 93.1 Å². The molecule has 0 aliphatic heterocycles. The van der Waals surface area contributed by atoms with Crippen LogP contribution in [-0.4, -0.2) is 7.05 Å². The van der Waals surface area contributed by atoms with E-state index in [1.807, 2.05) is 7.05 Å². The van der Waals surface area contributed by atoms with Crippen molar-refractivity contribution in [3.05, 3.63) is 33.4 Å². The molecule has 0 aliphatic rings. The van der Waals surface area contributed by atoms with Crippen LogP contribution in [0.5, 0.6) is 0 Å². The number of rotatable bonds is 3. The summed E-state index contributed by atoms with van der Waals surface area (Å²) in [5.41, 5.74) is 1.26. The summed E-state index contributed by atoms with van der Waals surface area (Å²) in [6, 6.07) is 8.66. The molecule has 0 saturated carbocycles. The predicted molar refractivity (Wildman–Crippen MR) is 64.4 cm³/mol. The molecule has 0 spiro atoms. The molecule has 1 unspecified atom stereocenters. The minimum absolute atomic E-state index is 0.278. The minimum Gasteiger partial charge on any atom is -0.312 e. The molecule has 0 fully saturated rings. The Kier molecular flexibility index (Phi) is 4.26. The summed E-state index contributed by atoms with van der Waals surface area (Å²) in [6.07, 6.45) is 6.02. The van der Waals surface area contributed by atoms with Gasteiger partial charge < -0.3 is 5.32 Å². The van der Waals surface area contributed by atoms with Crippen LogP contribution in [-0.2, 0) is 0 Å². The second kappa shape index (κ2) is 5.25. The van der Waals surface area contributed by atoms with Crippen molar-refractivity contribution in [2.75, 3.05) is 7.05 Å². The number of hydrogen-bond donors (Lipinski definition) is 1. The first-order valence-electron chi connectivity index (χ1n) is 4.14. The molecule has 13 heavy (non-hydrogen) atoms. The van der Waals surface area contributed by atoms with Crippen LogP contribution in [0.3, 0.4) is 0 Å². The van der Waals surface area contributed by atoms with E-state index < -0.39 is 0 Å². The lowest BCUT2D eigenvalue weighted by Crippen LogP contribution is -2.15. The molecule has 0 amide bonds. The molecule has 1 aromatic rings. The van der Waals surface area contributed by atoms with Gasteiger partial charge >= 0.3 is 0 Å². The van der Waals surface area contributed by atoms with Crippen LogP contribution in [0.2, 0.25) is 0 Å². The van der Waals surface area contributed by atoms with E-state index >= 15 is 0 Å². The fraction of sp³-hybridized carbons (Fsp3) is 0.273. The van der Waals surface area contributed by atoms with Crippen molar-refractivity contribution in [3.63, 3.8) is 0 Å². The average Bonchev–Trinajstić information content (AvgIpc) is 2.14. The molecule has 1 nitrogen and oxygen atoms in total. The van der Waals surface area contributed by atoms with Crippen molar-refractivity contribution in [2.24, 2.45) is 0 Å². The lowest BCUT2D eigenvalue weighted by Gasteiger charge is -2.13. The lowest BCUT2D eigenvalue weighted by atomic mass is 10.0. The van der Waals surface area contributed by atoms with E-state index in [1.54, 1.807) is 0 Å². The highest BCUT2D eigenvalue weighted by molar-refractivity contribution is 14.1. The quantitative estimate of drug-likeness (QED) is 0.665. The summed E-state index contributed by atoms with van der Waals surface area (Å²) in [5.74, 6) is 2.67. The highest BCUT2D eigenvalue weighted by Gasteiger charge is 2.06. The molecule has 68 valence electrons. The molecule has 1 aromatic carbocycles. The number of nitrogens with one attached hydrogen (secondary N) is 1. The van der Waals surface area contributed by atoms with Gasteiger partial charge in [-0.25, -0.2) is 0 Å². The van der Waals surface area contributed by atoms with E-state index in [1.165, 1.54) is 9.13 Å². The van der Waals surface area contributed by atoms with Crippen molar-refractivity contribution < 1.29 is 0 Å². The van der Waals surface area contributed by atoms with Gasteiger partial charge in [0, 0.05) is 16.0 Å². The average molecular weight is 285 g/mol. The summed E-state index contributed by atoms with van der Waals surface area (Å²) < 4.78 is 1.24. The predicted octanol–water partition coefficient (Wildman–Crippen LogP) is 2.58. The molecule has 1 rings (SSSR count). The number of terminal acetylenes is 1. The first-order chi connectivity index (χ1) is 6.27. The molecule has 0 heterocycles. The molecule has 0 aliphatic carbocycles. The van der Waals surface area contributed by atoms with Crippen molar-refractivity contribution in [1.82, 2.24) is 5.32 Å². The smallest absolute Gasteiger partial charge is 0.0428 e. The number of halogens is 1. The molecule has 0 saturated heterocycles. The Morgan fingerprint density at radius 1 is 1.62 bits per heavy atom. The summed E-state index contributed by atoms with van der Waals surface area (Å²) >= 11 is 2.30. The largest absolute Gasteiger partial charge is 0.312 e. The maximum absolute atomic E-state index is 5.29. The summed E-state index contributed by atoms with van der Waals surface area (Å²) in [7, 11) is 1.93. The lowest BCUT2D eigenvalue weighted by molar-refractivity contribution is 0.611. The zero-order valence-electron chi connectivity index (χ0n) is 7.55. The zero-order valence-corrected chi connectivity index (χ0v) is 9.71. The standard InChI is InChI=1S/C11H12IN/c1-3-5-11(13-2)9-6-4-7-10(12)8-9/h1,4,6-8,11,13H,5H2,2H3. The van der Waals surface area contributed by atoms with Crippen molar-refractivity contribution in [3.8, 4) is 12.3 Å². The van der Waals surface area contributed by atoms with E-state index in [2.05, 4.69) is 58.1 Å². The van der Waals surface area contributed by atoms with Gasteiger partial charge in [-0.1, -0.05) is 12.1 Å². The Morgan fingerprint density at radius 3 is 2.92 bits per heavy atom. The molecule has 1 atom stereocenters. The van der Waals surface area contributed by atoms with Crippen LogP contribution < -0.4 is 5.32 Å². The third-order valence-corrected chi connectivity index (χ3v) is 2.59. The topological polar surface area (TPSA) is 12.0 Å². The van der Waals surface area contributed by atoms with Gasteiger partial charge in [0.1, 0.15) is 0 Å². The van der Waals surface area contributed by atoms with Gasteiger partial charge in [0.05, 0.1) is 0 Å². The van der Waals surface area contributed by atoms with Crippen LogP contribution in [0.25, 0.3) is 0 Å². The number of benzene rings is 1. The Hall–Kier alpha value is -0.530. The first kappa shape index (κ1) is 10.6. The number of hydrogen-bond acceptors (Lipinski definition) is 1. The van der Waals surface area contributed by atoms with Crippen molar-refractivity contribution >= 4 is 22.6 Å². The fourth-order valence-corrected chi connectivity index (χ4v) is 1.79. The van der Waals surface area contributed by atoms with Crippen LogP contribution in [0.15, 0.2) is 24.3 Å². The maximum atomic E-state index is 5.29. The van der Waals surface area contributed by atoms with Crippen LogP contribution >= 0.6 is 22.6 Å². The second-order valence-corrected chi connectivity index (χ2v) is 4.05. The van der Waals surface area contributed by atoms with E-state index in [4.69, 9.17) is 6.42 Å². The summed E-state index contributed by atoms with van der Waals surface area (Å²) in [4.78, 5) is 0. The van der Waals surface area contributed by atoms with Gasteiger partial charge in [-0.15, -0.1) is 12.3 Å². The van der Waals surface area contributed by atoms with Gasteiger partial charge in [-0.2, -0.15) is 0 Å². The van der Waals surface area contributed by atoms with Crippen LogP contribution in [0, 0.1) is 15.9 Å². The maximum Gasteiger partial charge on any atom is 0.0428 e. The normalized spacial score (nSPS) is 12.1. The van der Waals surface area contributed by atoms with E-state index in [-0.39, 0.29) is 6.04 Å². The summed E-state index contributed by atoms with van der Waals surface area (Å²) in [5, 5.41) is 3.20. The van der Waals surface area contributed by atoms with E-state index in [0.717, 1.165) is 6.42 Å². The molecule has 1 N–H and O–H groups in total. The molecule has 0 bridgehead atoms. The molecule has 2 heteroatoms. The first-order valence-corrected chi connectivity index (χ1v) is 5.22. The molecule has 0 radical (unpaired) electrons. The van der Waals surface area contributed by atoms with Crippen LogP contribution in [0.1, 0.15) is 18.0 Å². The Bertz CT molecular complexity index is 314. The molecule has 0 aromatic heterocycles. The van der Waals surface area contributed by atoms with E-state index in [0.29, 0.717) is 0 Å². The van der Waals surface area contributed by atoms with Crippen LogP contribution in [0.4, 0.5) is 0 Å². The monoisotopic (exact) mass is 285 g/mol. The fourth-order valence-electron chi connectivity index (χ4n) is 1.23. The van der Waals surface area contributed by atoms with Gasteiger partial charge in [0.2, 0.25) is 0 Å². The molecular weight excluding hydrogens is 273 g/mol. The van der Waals surface area contributed by atoms with Crippen molar-refractivity contribution in [1.29, 1.82) is 0 Å². The SMILES string of the molecule is C#CCC(NC)c1cccc(I)c1. The second-order valence-electron chi connectivity index (χ2n) is 2.80. The minimum atomic E-state index is 0.278. The molecular formula is C11H12IN. The summed E-state index contributed by atoms with van der Waals surface area (Å²) in [6.45, 7) is 0. The third kappa shape index (κ3) is 3.02. The third-order valence-electron chi connectivity index (χ3n) is 1.92. The van der Waals surface area contributed by atoms with Gasteiger partial charge in [-0.3, -0.25) is 0 Å².